The highest BCUT2D eigenvalue weighted by atomic mass is 35.5. The summed E-state index contributed by atoms with van der Waals surface area (Å²) in [4.78, 5) is 21.7. The Labute approximate surface area is 240 Å². The lowest BCUT2D eigenvalue weighted by molar-refractivity contribution is -0.0113. The van der Waals surface area contributed by atoms with E-state index in [-0.39, 0.29) is 22.0 Å². The average Bonchev–Trinajstić information content (AvgIpc) is 2.72. The van der Waals surface area contributed by atoms with Crippen LogP contribution in [0, 0.1) is 5.82 Å². The summed E-state index contributed by atoms with van der Waals surface area (Å²) in [6.45, 7) is 0. The Balaban J connectivity index is 1.91. The first-order valence-electron chi connectivity index (χ1n) is 10.8. The van der Waals surface area contributed by atoms with E-state index in [1.54, 1.807) is 0 Å². The topological polar surface area (TPSA) is 58.1 Å². The molecule has 0 aliphatic carbocycles. The zero-order valence-electron chi connectivity index (χ0n) is 20.0. The number of likely N-dealkylation sites (tertiary alicyclic amines) is 1. The second-order valence-electron chi connectivity index (χ2n) is 9.66. The first kappa shape index (κ1) is 31.1. The number of amides is 1. The highest BCUT2D eigenvalue weighted by molar-refractivity contribution is 6.58. The molecule has 0 spiro atoms. The molecule has 0 saturated carbocycles. The number of hydrogen-bond acceptors (Lipinski definition) is 4. The van der Waals surface area contributed by atoms with Crippen molar-refractivity contribution in [2.45, 2.75) is 45.0 Å². The Hall–Kier alpha value is -1.41. The molecule has 5 nitrogen and oxygen atoms in total. The highest BCUT2D eigenvalue weighted by Gasteiger charge is 2.58. The van der Waals surface area contributed by atoms with Crippen molar-refractivity contribution in [2.75, 3.05) is 0 Å². The molecule has 1 fully saturated rings. The van der Waals surface area contributed by atoms with E-state index in [2.05, 4.69) is 15.3 Å². The van der Waals surface area contributed by atoms with Crippen molar-refractivity contribution in [3.05, 3.63) is 58.4 Å². The quantitative estimate of drug-likeness (QED) is 0.446. The van der Waals surface area contributed by atoms with Gasteiger partial charge >= 0.3 is 0 Å². The zero-order valence-corrected chi connectivity index (χ0v) is 20.8. The van der Waals surface area contributed by atoms with Crippen molar-refractivity contribution in [3.63, 3.8) is 0 Å². The van der Waals surface area contributed by atoms with Crippen molar-refractivity contribution < 1.29 is 13.6 Å². The molecule has 0 unspecified atom stereocenters. The fourth-order valence-corrected chi connectivity index (χ4v) is 4.39. The number of carbonyl (C=O) groups excluding carboxylic acids is 1. The number of benzene rings is 1. The molecule has 1 aromatic carbocycles. The highest BCUT2D eigenvalue weighted by Crippen LogP contribution is 2.46. The van der Waals surface area contributed by atoms with Crippen molar-refractivity contribution in [1.29, 1.82) is 0 Å². The zero-order chi connectivity index (χ0) is 29.1. The molecule has 2 heterocycles. The average molecular weight is 503 g/mol. The second kappa shape index (κ2) is 9.90. The fraction of sp³-hybridized carbons (Fsp3) is 0.421. The normalized spacial score (nSPS) is 19.1. The fourth-order valence-electron chi connectivity index (χ4n) is 4.21. The predicted octanol–water partition coefficient (Wildman–Crippen LogP) is -2.46. The Morgan fingerprint density at radius 1 is 0.974 bits per heavy atom. The molecule has 3 rings (SSSR count). The van der Waals surface area contributed by atoms with Crippen LogP contribution in [0.25, 0.3) is 0 Å². The Morgan fingerprint density at radius 2 is 1.47 bits per heavy atom. The van der Waals surface area contributed by atoms with E-state index in [0.717, 1.165) is 30.6 Å². The van der Waals surface area contributed by atoms with Crippen molar-refractivity contribution in [1.82, 2.24) is 20.2 Å². The first-order chi connectivity index (χ1) is 17.0. The SMILES string of the molecule is [B]C([B])([B])c1cnc(C([B])([B])NC([B])([B])C2(F)CC([B])([B])N(C(=O)c3ccc(F)c(Cl)c3)C([B])([B])C2)nc1. The molecular formula is C19H10B11ClF2N4O. The summed E-state index contributed by atoms with van der Waals surface area (Å²) < 4.78 is 30.1. The molecule has 1 aliphatic rings. The minimum atomic E-state index is -2.85. The van der Waals surface area contributed by atoms with Gasteiger partial charge in [0.15, 0.2) is 0 Å². The molecular weight excluding hydrogens is 493 g/mol. The summed E-state index contributed by atoms with van der Waals surface area (Å²) in [6.07, 6.45) is 0.449. The summed E-state index contributed by atoms with van der Waals surface area (Å²) in [5.41, 5.74) is -2.90. The molecule has 38 heavy (non-hydrogen) atoms. The third kappa shape index (κ3) is 6.01. The number of hydrogen-bond donors (Lipinski definition) is 1. The molecule has 0 bridgehead atoms. The summed E-state index contributed by atoms with van der Waals surface area (Å²) in [5, 5.41) is -9.46. The van der Waals surface area contributed by atoms with Crippen LogP contribution < -0.4 is 5.32 Å². The molecule has 166 valence electrons. The molecule has 1 saturated heterocycles. The van der Waals surface area contributed by atoms with Crippen LogP contribution >= 0.6 is 11.6 Å². The monoisotopic (exact) mass is 504 g/mol. The van der Waals surface area contributed by atoms with Gasteiger partial charge in [0.2, 0.25) is 0 Å². The second-order valence-corrected chi connectivity index (χ2v) is 10.1. The smallest absolute Gasteiger partial charge is 0.252 e. The van der Waals surface area contributed by atoms with Gasteiger partial charge < -0.3 is 10.2 Å². The van der Waals surface area contributed by atoms with E-state index in [0.29, 0.717) is 4.90 Å². The number of halogens is 3. The number of rotatable bonds is 6. The van der Waals surface area contributed by atoms with Crippen LogP contribution in [-0.2, 0) is 10.5 Å². The van der Waals surface area contributed by atoms with Gasteiger partial charge in [-0.15, -0.1) is 5.11 Å². The van der Waals surface area contributed by atoms with E-state index in [1.807, 2.05) is 0 Å². The van der Waals surface area contributed by atoms with Crippen LogP contribution in [0.2, 0.25) is 5.02 Å². The number of piperidine rings is 1. The predicted molar refractivity (Wildman–Crippen MR) is 151 cm³/mol. The molecule has 22 radical (unpaired) electrons. The largest absolute Gasteiger partial charge is 0.362 e. The van der Waals surface area contributed by atoms with Crippen molar-refractivity contribution in [3.8, 4) is 0 Å². The van der Waals surface area contributed by atoms with Gasteiger partial charge in [0.1, 0.15) is 17.3 Å². The van der Waals surface area contributed by atoms with Crippen LogP contribution in [0.4, 0.5) is 8.78 Å². The maximum atomic E-state index is 16.5. The van der Waals surface area contributed by atoms with Crippen LogP contribution in [0.3, 0.4) is 0 Å². The van der Waals surface area contributed by atoms with Gasteiger partial charge in [-0.05, 0) is 58.0 Å². The number of carbonyl (C=O) groups is 1. The van der Waals surface area contributed by atoms with Gasteiger partial charge in [0.25, 0.3) is 5.91 Å². The third-order valence-corrected chi connectivity index (χ3v) is 6.30. The summed E-state index contributed by atoms with van der Waals surface area (Å²) >= 11 is 5.76. The van der Waals surface area contributed by atoms with Crippen LogP contribution in [0.5, 0.6) is 0 Å². The molecule has 1 N–H and O–H groups in total. The molecule has 1 aliphatic heterocycles. The standard InChI is InChI=1S/C19H10B11ClF2N4O/c20-15(21)6-14(33,7-16(22,23)37(15)12(38)8-1-2-11(32)10(31)3-8)19(29,30)36-18(27,28)13-34-4-9(5-35-13)17(24,25)26/h1-5,36H,6-7H2. The van der Waals surface area contributed by atoms with Crippen molar-refractivity contribution >= 4 is 104 Å². The van der Waals surface area contributed by atoms with E-state index in [9.17, 15) is 9.18 Å². The molecule has 19 heteroatoms. The maximum absolute atomic E-state index is 16.5. The van der Waals surface area contributed by atoms with Gasteiger partial charge in [-0.3, -0.25) is 4.79 Å². The van der Waals surface area contributed by atoms with E-state index in [1.165, 1.54) is 0 Å². The van der Waals surface area contributed by atoms with Gasteiger partial charge in [-0.25, -0.2) is 18.7 Å². The number of alkyl halides is 1. The number of aromatic nitrogens is 2. The Bertz CT molecular complexity index is 1210. The molecule has 2 aromatic rings. The minimum absolute atomic E-state index is 0.123. The molecule has 1 aromatic heterocycles. The van der Waals surface area contributed by atoms with Gasteiger partial charge in [-0.2, -0.15) is 0 Å². The van der Waals surface area contributed by atoms with Gasteiger partial charge in [0, 0.05) is 18.0 Å². The lowest BCUT2D eigenvalue weighted by Crippen LogP contribution is -2.78. The van der Waals surface area contributed by atoms with E-state index in [4.69, 9.17) is 97.9 Å². The van der Waals surface area contributed by atoms with Crippen LogP contribution in [0.15, 0.2) is 30.6 Å². The molecule has 0 atom stereocenters. The molecule has 1 amide bonds. The maximum Gasteiger partial charge on any atom is 0.252 e. The van der Waals surface area contributed by atoms with Gasteiger partial charge in [0.05, 0.1) is 91.3 Å². The Kier molecular flexibility index (Phi) is 8.11. The first-order valence-corrected chi connectivity index (χ1v) is 11.2. The van der Waals surface area contributed by atoms with Crippen LogP contribution in [-0.4, -0.2) is 129 Å². The summed E-state index contributed by atoms with van der Waals surface area (Å²) in [5.74, 6) is -2.06. The lowest BCUT2D eigenvalue weighted by Gasteiger charge is -2.63. The van der Waals surface area contributed by atoms with Crippen molar-refractivity contribution in [2.24, 2.45) is 0 Å². The third-order valence-electron chi connectivity index (χ3n) is 6.01. The summed E-state index contributed by atoms with van der Waals surface area (Å²) in [7, 11) is 65.5. The number of nitrogens with one attached hydrogen (secondary N) is 1. The van der Waals surface area contributed by atoms with E-state index >= 15 is 4.39 Å². The van der Waals surface area contributed by atoms with E-state index < -0.39 is 56.7 Å². The van der Waals surface area contributed by atoms with Gasteiger partial charge in [-0.1, -0.05) is 11.6 Å². The number of nitrogens with zero attached hydrogens (tertiary/aromatic N) is 3. The lowest BCUT2D eigenvalue weighted by atomic mass is 9.37. The van der Waals surface area contributed by atoms with Crippen LogP contribution in [0.1, 0.15) is 34.6 Å². The summed E-state index contributed by atoms with van der Waals surface area (Å²) in [6, 6.07) is 3.03. The minimum Gasteiger partial charge on any atom is -0.362 e. The Morgan fingerprint density at radius 3 is 1.92 bits per heavy atom.